The second-order valence-corrected chi connectivity index (χ2v) is 6.25. The van der Waals surface area contributed by atoms with Crippen molar-refractivity contribution in [2.45, 2.75) is 26.0 Å². The summed E-state index contributed by atoms with van der Waals surface area (Å²) in [6.45, 7) is 2.03. The molecule has 0 radical (unpaired) electrons. The van der Waals surface area contributed by atoms with Gasteiger partial charge in [0.15, 0.2) is 11.5 Å². The van der Waals surface area contributed by atoms with Crippen molar-refractivity contribution in [1.82, 2.24) is 19.5 Å². The number of aliphatic hydroxyl groups is 1. The fourth-order valence-corrected chi connectivity index (χ4v) is 2.63. The molecule has 0 aliphatic rings. The number of nitrogens with two attached hydrogens (primary N) is 1. The molecule has 2 aromatic rings. The number of nitrogens with zero attached hydrogens (tertiary/aromatic N) is 4. The van der Waals surface area contributed by atoms with Gasteiger partial charge in [-0.25, -0.2) is 15.0 Å². The van der Waals surface area contributed by atoms with Crippen molar-refractivity contribution in [3.05, 3.63) is 12.2 Å². The van der Waals surface area contributed by atoms with Gasteiger partial charge in [-0.1, -0.05) is 0 Å². The molecule has 0 aliphatic heterocycles. The number of aryl methyl sites for hydroxylation is 2. The van der Waals surface area contributed by atoms with Gasteiger partial charge in [0.05, 0.1) is 18.6 Å². The van der Waals surface area contributed by atoms with Crippen molar-refractivity contribution < 1.29 is 19.5 Å². The van der Waals surface area contributed by atoms with Crippen LogP contribution in [0.15, 0.2) is 6.33 Å². The Morgan fingerprint density at radius 1 is 1.45 bits per heavy atom. The molecule has 0 aliphatic carbocycles. The Hall–Kier alpha value is -1.54. The maximum atomic E-state index is 10.8. The summed E-state index contributed by atoms with van der Waals surface area (Å²) in [5.74, 6) is 0.787. The molecule has 0 aromatic carbocycles. The van der Waals surface area contributed by atoms with Crippen LogP contribution in [-0.4, -0.2) is 46.7 Å². The number of fused-ring (bicyclic) bond motifs is 1. The van der Waals surface area contributed by atoms with E-state index in [0.29, 0.717) is 23.5 Å². The average Bonchev–Trinajstić information content (AvgIpc) is 2.67. The van der Waals surface area contributed by atoms with Crippen LogP contribution in [0, 0.1) is 6.92 Å². The molecule has 5 N–H and O–H groups in total. The molecular formula is C10H16N5O4P. The maximum absolute atomic E-state index is 10.8. The predicted octanol–water partition coefficient (Wildman–Crippen LogP) is -0.354. The van der Waals surface area contributed by atoms with E-state index >= 15 is 0 Å². The molecule has 1 atom stereocenters. The van der Waals surface area contributed by atoms with E-state index in [1.165, 1.54) is 6.33 Å². The summed E-state index contributed by atoms with van der Waals surface area (Å²) in [5.41, 5.74) is 6.74. The van der Waals surface area contributed by atoms with Crippen LogP contribution < -0.4 is 5.73 Å². The highest BCUT2D eigenvalue weighted by atomic mass is 31.2. The van der Waals surface area contributed by atoms with Crippen LogP contribution in [0.5, 0.6) is 0 Å². The smallest absolute Gasteiger partial charge is 0.328 e. The van der Waals surface area contributed by atoms with Crippen LogP contribution >= 0.6 is 7.60 Å². The van der Waals surface area contributed by atoms with Gasteiger partial charge in [-0.15, -0.1) is 0 Å². The van der Waals surface area contributed by atoms with E-state index in [9.17, 15) is 9.67 Å². The third-order valence-corrected chi connectivity index (χ3v) is 3.65. The number of hydrogen-bond acceptors (Lipinski definition) is 6. The van der Waals surface area contributed by atoms with Crippen molar-refractivity contribution in [3.63, 3.8) is 0 Å². The lowest BCUT2D eigenvalue weighted by molar-refractivity contribution is 0.173. The van der Waals surface area contributed by atoms with Gasteiger partial charge in [-0.3, -0.25) is 4.57 Å². The summed E-state index contributed by atoms with van der Waals surface area (Å²) in [6.07, 6.45) is 0.0443. The topological polar surface area (TPSA) is 147 Å². The molecule has 9 nitrogen and oxygen atoms in total. The molecule has 10 heteroatoms. The third-order valence-electron chi connectivity index (χ3n) is 2.75. The van der Waals surface area contributed by atoms with Gasteiger partial charge in [0.2, 0.25) is 0 Å². The third kappa shape index (κ3) is 3.51. The van der Waals surface area contributed by atoms with Gasteiger partial charge in [-0.2, -0.15) is 0 Å². The van der Waals surface area contributed by atoms with Crippen molar-refractivity contribution in [2.24, 2.45) is 0 Å². The van der Waals surface area contributed by atoms with Crippen LogP contribution in [0.25, 0.3) is 11.2 Å². The normalized spacial score (nSPS) is 13.8. The Bertz CT molecular complexity index is 667. The summed E-state index contributed by atoms with van der Waals surface area (Å²) in [6, 6.07) is 0. The van der Waals surface area contributed by atoms with Crippen LogP contribution in [0.4, 0.5) is 5.82 Å². The van der Waals surface area contributed by atoms with Gasteiger partial charge in [0.1, 0.15) is 11.3 Å². The van der Waals surface area contributed by atoms with Crippen molar-refractivity contribution in [2.75, 3.05) is 11.9 Å². The van der Waals surface area contributed by atoms with Gasteiger partial charge in [0.25, 0.3) is 0 Å². The molecule has 0 unspecified atom stereocenters. The number of rotatable bonds is 5. The van der Waals surface area contributed by atoms with Gasteiger partial charge in [-0.05, 0) is 13.3 Å². The number of aliphatic hydroxyl groups excluding tert-OH is 1. The molecule has 0 amide bonds. The molecule has 0 spiro atoms. The van der Waals surface area contributed by atoms with E-state index in [2.05, 4.69) is 15.0 Å². The first kappa shape index (κ1) is 14.9. The minimum atomic E-state index is -4.21. The van der Waals surface area contributed by atoms with E-state index < -0.39 is 19.9 Å². The fourth-order valence-electron chi connectivity index (χ4n) is 1.90. The Morgan fingerprint density at radius 3 is 2.80 bits per heavy atom. The van der Waals surface area contributed by atoms with Crippen LogP contribution in [0.3, 0.4) is 0 Å². The summed E-state index contributed by atoms with van der Waals surface area (Å²) >= 11 is 0. The molecule has 0 saturated carbocycles. The van der Waals surface area contributed by atoms with Gasteiger partial charge >= 0.3 is 7.60 Å². The zero-order valence-corrected chi connectivity index (χ0v) is 11.7. The van der Waals surface area contributed by atoms with Crippen LogP contribution in [0.1, 0.15) is 12.2 Å². The number of nitrogen functional groups attached to an aromatic ring is 1. The molecule has 0 bridgehead atoms. The van der Waals surface area contributed by atoms with Gasteiger partial charge < -0.3 is 25.2 Å². The van der Waals surface area contributed by atoms with E-state index in [1.807, 2.05) is 0 Å². The lowest BCUT2D eigenvalue weighted by atomic mass is 10.3. The summed E-state index contributed by atoms with van der Waals surface area (Å²) < 4.78 is 12.5. The molecule has 2 rings (SSSR count). The molecule has 110 valence electrons. The fraction of sp³-hybridized carbons (Fsp3) is 0.500. The molecule has 2 heterocycles. The zero-order valence-electron chi connectivity index (χ0n) is 10.8. The second-order valence-electron chi connectivity index (χ2n) is 4.56. The first-order valence-electron chi connectivity index (χ1n) is 5.94. The number of aromatic nitrogens is 4. The van der Waals surface area contributed by atoms with Crippen molar-refractivity contribution in [1.29, 1.82) is 0 Å². The number of anilines is 1. The first-order valence-corrected chi connectivity index (χ1v) is 7.73. The minimum absolute atomic E-state index is 0.180. The molecule has 2 aromatic heterocycles. The summed E-state index contributed by atoms with van der Waals surface area (Å²) in [5, 5.41) is 9.58. The maximum Gasteiger partial charge on any atom is 0.328 e. The largest absolute Gasteiger partial charge is 0.392 e. The van der Waals surface area contributed by atoms with Crippen molar-refractivity contribution >= 4 is 24.6 Å². The second kappa shape index (κ2) is 5.45. The summed E-state index contributed by atoms with van der Waals surface area (Å²) in [4.78, 5) is 29.9. The zero-order chi connectivity index (χ0) is 14.9. The van der Waals surface area contributed by atoms with E-state index in [1.54, 1.807) is 11.5 Å². The summed E-state index contributed by atoms with van der Waals surface area (Å²) in [7, 11) is -4.21. The first-order chi connectivity index (χ1) is 9.26. The molecule has 0 saturated heterocycles. The average molecular weight is 301 g/mol. The highest BCUT2D eigenvalue weighted by molar-refractivity contribution is 7.51. The quantitative estimate of drug-likeness (QED) is 0.547. The molecular weight excluding hydrogens is 285 g/mol. The van der Waals surface area contributed by atoms with E-state index in [-0.39, 0.29) is 12.2 Å². The SMILES string of the molecule is Cc1nc(N)c2ncn(CC[C@@H](O)CP(=O)(O)O)c2n1. The Balaban J connectivity index is 2.13. The van der Waals surface area contributed by atoms with E-state index in [0.717, 1.165) is 0 Å². The van der Waals surface area contributed by atoms with E-state index in [4.69, 9.17) is 15.5 Å². The number of imidazole rings is 1. The Morgan fingerprint density at radius 2 is 2.15 bits per heavy atom. The number of hydrogen-bond donors (Lipinski definition) is 4. The minimum Gasteiger partial charge on any atom is -0.392 e. The highest BCUT2D eigenvalue weighted by Gasteiger charge is 2.20. The Labute approximate surface area is 114 Å². The van der Waals surface area contributed by atoms with Gasteiger partial charge in [0, 0.05) is 6.54 Å². The van der Waals surface area contributed by atoms with Crippen molar-refractivity contribution in [3.8, 4) is 0 Å². The van der Waals surface area contributed by atoms with Crippen LogP contribution in [0.2, 0.25) is 0 Å². The highest BCUT2D eigenvalue weighted by Crippen LogP contribution is 2.35. The molecule has 0 fully saturated rings. The standard InChI is InChI=1S/C10H16N5O4P/c1-6-13-9(11)8-10(14-6)15(5-12-8)3-2-7(16)4-20(17,18)19/h5,7,16H,2-4H2,1H3,(H2,11,13,14)(H2,17,18,19)/t7-/m1/s1. The lowest BCUT2D eigenvalue weighted by Gasteiger charge is -2.12. The predicted molar refractivity (Wildman–Crippen MR) is 72.0 cm³/mol. The monoisotopic (exact) mass is 301 g/mol. The Kier molecular flexibility index (Phi) is 4.05. The lowest BCUT2D eigenvalue weighted by Crippen LogP contribution is -2.15. The van der Waals surface area contributed by atoms with Crippen LogP contribution in [-0.2, 0) is 11.1 Å². The molecule has 20 heavy (non-hydrogen) atoms.